The van der Waals surface area contributed by atoms with Crippen LogP contribution in [0.5, 0.6) is 0 Å². The maximum atomic E-state index is 13.2. The molecule has 0 spiro atoms. The first-order valence-electron chi connectivity index (χ1n) is 11.3. The first-order chi connectivity index (χ1) is 13.9. The predicted octanol–water partition coefficient (Wildman–Crippen LogP) is 4.43. The highest BCUT2D eigenvalue weighted by Crippen LogP contribution is 2.60. The number of hydrogen-bond acceptors (Lipinski definition) is 3. The van der Waals surface area contributed by atoms with E-state index in [1.807, 2.05) is 25.1 Å². The molecule has 4 aliphatic carbocycles. The highest BCUT2D eigenvalue weighted by atomic mass is 16.2. The number of likely N-dealkylation sites (N-methyl/N-ethyl adjacent to an activating group) is 1. The molecule has 0 heterocycles. The van der Waals surface area contributed by atoms with Gasteiger partial charge in [0, 0.05) is 11.4 Å². The summed E-state index contributed by atoms with van der Waals surface area (Å²) in [5.41, 5.74) is 2.49. The van der Waals surface area contributed by atoms with Gasteiger partial charge >= 0.3 is 0 Å². The lowest BCUT2D eigenvalue weighted by molar-refractivity contribution is -0.140. The van der Waals surface area contributed by atoms with Crippen molar-refractivity contribution in [3.8, 4) is 0 Å². The van der Waals surface area contributed by atoms with Crippen LogP contribution in [0.4, 0.5) is 11.4 Å². The lowest BCUT2D eigenvalue weighted by atomic mass is 9.49. The largest absolute Gasteiger partial charge is 0.326 e. The summed E-state index contributed by atoms with van der Waals surface area (Å²) in [6.45, 7) is 8.22. The number of amides is 2. The molecule has 2 amide bonds. The van der Waals surface area contributed by atoms with Crippen molar-refractivity contribution >= 4 is 23.2 Å². The second-order valence-electron chi connectivity index (χ2n) is 9.69. The number of nitrogens with zero attached hydrogens (tertiary/aromatic N) is 1. The highest BCUT2D eigenvalue weighted by Gasteiger charge is 2.54. The average molecular weight is 398 g/mol. The van der Waals surface area contributed by atoms with Gasteiger partial charge in [0.2, 0.25) is 11.8 Å². The number of benzene rings is 1. The van der Waals surface area contributed by atoms with Gasteiger partial charge in [-0.2, -0.15) is 0 Å². The van der Waals surface area contributed by atoms with E-state index in [2.05, 4.69) is 29.4 Å². The van der Waals surface area contributed by atoms with Gasteiger partial charge in [-0.3, -0.25) is 14.5 Å². The summed E-state index contributed by atoms with van der Waals surface area (Å²) in [5.74, 6) is 2.50. The monoisotopic (exact) mass is 397 g/mol. The molecule has 4 aliphatic rings. The maximum Gasteiger partial charge on any atom is 0.238 e. The van der Waals surface area contributed by atoms with Crippen molar-refractivity contribution in [1.82, 2.24) is 4.90 Å². The van der Waals surface area contributed by atoms with Gasteiger partial charge < -0.3 is 10.6 Å². The second kappa shape index (κ2) is 8.10. The molecule has 5 rings (SSSR count). The molecule has 158 valence electrons. The van der Waals surface area contributed by atoms with Crippen LogP contribution in [0.3, 0.4) is 0 Å². The molecule has 29 heavy (non-hydrogen) atoms. The molecule has 1 aromatic carbocycles. The Balaban J connectivity index is 1.39. The van der Waals surface area contributed by atoms with Crippen LogP contribution < -0.4 is 10.6 Å². The van der Waals surface area contributed by atoms with Crippen LogP contribution in [0.15, 0.2) is 18.2 Å². The van der Waals surface area contributed by atoms with E-state index in [1.165, 1.54) is 19.3 Å². The van der Waals surface area contributed by atoms with E-state index in [4.69, 9.17) is 0 Å². The van der Waals surface area contributed by atoms with Gasteiger partial charge in [0.25, 0.3) is 0 Å². The fourth-order valence-corrected chi connectivity index (χ4v) is 6.37. The molecular weight excluding hydrogens is 362 g/mol. The van der Waals surface area contributed by atoms with Crippen molar-refractivity contribution in [2.75, 3.05) is 30.3 Å². The van der Waals surface area contributed by atoms with E-state index in [1.54, 1.807) is 0 Å². The van der Waals surface area contributed by atoms with Crippen molar-refractivity contribution < 1.29 is 9.59 Å². The molecule has 0 aliphatic heterocycles. The maximum absolute atomic E-state index is 13.2. The van der Waals surface area contributed by atoms with Crippen LogP contribution in [0.2, 0.25) is 0 Å². The molecule has 5 heteroatoms. The number of hydrogen-bond donors (Lipinski definition) is 2. The van der Waals surface area contributed by atoms with E-state index in [-0.39, 0.29) is 17.2 Å². The van der Waals surface area contributed by atoms with Crippen LogP contribution in [-0.2, 0) is 9.59 Å². The summed E-state index contributed by atoms with van der Waals surface area (Å²) in [6, 6.07) is 5.80. The summed E-state index contributed by atoms with van der Waals surface area (Å²) in [7, 11) is 0. The second-order valence-corrected chi connectivity index (χ2v) is 9.69. The van der Waals surface area contributed by atoms with Gasteiger partial charge in [-0.25, -0.2) is 0 Å². The number of aryl methyl sites for hydroxylation is 1. The highest BCUT2D eigenvalue weighted by molar-refractivity contribution is 5.97. The van der Waals surface area contributed by atoms with Crippen molar-refractivity contribution in [2.24, 2.45) is 23.2 Å². The van der Waals surface area contributed by atoms with Gasteiger partial charge in [0.15, 0.2) is 0 Å². The fourth-order valence-electron chi connectivity index (χ4n) is 6.37. The van der Waals surface area contributed by atoms with Gasteiger partial charge in [-0.15, -0.1) is 0 Å². The Kier molecular flexibility index (Phi) is 5.69. The topological polar surface area (TPSA) is 61.4 Å². The summed E-state index contributed by atoms with van der Waals surface area (Å²) >= 11 is 0. The van der Waals surface area contributed by atoms with E-state index in [0.717, 1.165) is 67.0 Å². The predicted molar refractivity (Wildman–Crippen MR) is 117 cm³/mol. The lowest BCUT2D eigenvalue weighted by Crippen LogP contribution is -2.51. The summed E-state index contributed by atoms with van der Waals surface area (Å²) < 4.78 is 0. The Morgan fingerprint density at radius 2 is 1.59 bits per heavy atom. The van der Waals surface area contributed by atoms with Crippen LogP contribution in [0.25, 0.3) is 0 Å². The molecule has 4 bridgehead atoms. The lowest BCUT2D eigenvalue weighted by Gasteiger charge is -2.55. The molecule has 0 aromatic heterocycles. The van der Waals surface area contributed by atoms with E-state index >= 15 is 0 Å². The number of anilines is 2. The fraction of sp³-hybridized carbons (Fsp3) is 0.667. The first-order valence-corrected chi connectivity index (χ1v) is 11.3. The molecule has 0 unspecified atom stereocenters. The normalized spacial score (nSPS) is 29.9. The van der Waals surface area contributed by atoms with Crippen molar-refractivity contribution in [3.63, 3.8) is 0 Å². The minimum Gasteiger partial charge on any atom is -0.326 e. The van der Waals surface area contributed by atoms with Gasteiger partial charge in [0.05, 0.1) is 12.0 Å². The average Bonchev–Trinajstić information content (AvgIpc) is 2.67. The van der Waals surface area contributed by atoms with Gasteiger partial charge in [-0.05, 0) is 100 Å². The number of rotatable bonds is 7. The quantitative estimate of drug-likeness (QED) is 0.715. The Morgan fingerprint density at radius 1 is 1.00 bits per heavy atom. The SMILES string of the molecule is CCN(CC)CC(=O)Nc1ccc(NC(=O)C23CC4CC(CC(C4)C2)C3)cc1C. The molecule has 4 saturated carbocycles. The Labute approximate surface area is 174 Å². The third-order valence-corrected chi connectivity index (χ3v) is 7.54. The molecule has 0 saturated heterocycles. The molecule has 1 aromatic rings. The zero-order chi connectivity index (χ0) is 20.6. The van der Waals surface area contributed by atoms with Crippen LogP contribution >= 0.6 is 0 Å². The number of carbonyl (C=O) groups excluding carboxylic acids is 2. The van der Waals surface area contributed by atoms with E-state index < -0.39 is 0 Å². The smallest absolute Gasteiger partial charge is 0.238 e. The summed E-state index contributed by atoms with van der Waals surface area (Å²) in [4.78, 5) is 27.6. The first kappa shape index (κ1) is 20.4. The van der Waals surface area contributed by atoms with Crippen molar-refractivity contribution in [2.45, 2.75) is 59.3 Å². The molecule has 0 atom stereocenters. The van der Waals surface area contributed by atoms with Crippen LogP contribution in [0, 0.1) is 30.1 Å². The van der Waals surface area contributed by atoms with E-state index in [9.17, 15) is 9.59 Å². The Morgan fingerprint density at radius 3 is 2.10 bits per heavy atom. The zero-order valence-electron chi connectivity index (χ0n) is 18.1. The Hall–Kier alpha value is -1.88. The van der Waals surface area contributed by atoms with Crippen LogP contribution in [0.1, 0.15) is 57.9 Å². The molecule has 0 radical (unpaired) electrons. The third kappa shape index (κ3) is 4.20. The minimum absolute atomic E-state index is 0.00199. The summed E-state index contributed by atoms with van der Waals surface area (Å²) in [6.07, 6.45) is 7.24. The van der Waals surface area contributed by atoms with Crippen molar-refractivity contribution in [1.29, 1.82) is 0 Å². The minimum atomic E-state index is -0.140. The van der Waals surface area contributed by atoms with Gasteiger partial charge in [-0.1, -0.05) is 13.8 Å². The van der Waals surface area contributed by atoms with Gasteiger partial charge in [0.1, 0.15) is 0 Å². The molecule has 4 fully saturated rings. The molecule has 5 nitrogen and oxygen atoms in total. The summed E-state index contributed by atoms with van der Waals surface area (Å²) in [5, 5.41) is 6.22. The number of nitrogens with one attached hydrogen (secondary N) is 2. The van der Waals surface area contributed by atoms with Crippen molar-refractivity contribution in [3.05, 3.63) is 23.8 Å². The van der Waals surface area contributed by atoms with Crippen LogP contribution in [-0.4, -0.2) is 36.3 Å². The molecule has 2 N–H and O–H groups in total. The standard InChI is InChI=1S/C24H35N3O2/c1-4-27(5-2)15-22(28)26-21-7-6-20(8-16(21)3)25-23(29)24-12-17-9-18(13-24)11-19(10-17)14-24/h6-8,17-19H,4-5,9-15H2,1-3H3,(H,25,29)(H,26,28). The number of carbonyl (C=O) groups is 2. The third-order valence-electron chi connectivity index (χ3n) is 7.54. The molecular formula is C24H35N3O2. The van der Waals surface area contributed by atoms with E-state index in [0.29, 0.717) is 6.54 Å². The Bertz CT molecular complexity index is 749. The zero-order valence-corrected chi connectivity index (χ0v) is 18.1.